The van der Waals surface area contributed by atoms with E-state index in [-0.39, 0.29) is 12.5 Å². The van der Waals surface area contributed by atoms with E-state index in [1.165, 1.54) is 25.7 Å². The standard InChI is InChI=1S/C14H25NO2/c1-3-14(2)9-5-7-12(14)6-4-8-13(17)15-10-11-16/h11-12H,3-10H2,1-2H3,(H,15,17). The van der Waals surface area contributed by atoms with Crippen molar-refractivity contribution in [1.82, 2.24) is 5.32 Å². The maximum atomic E-state index is 11.3. The molecule has 1 aliphatic rings. The molecule has 3 nitrogen and oxygen atoms in total. The molecule has 0 aromatic rings. The zero-order valence-corrected chi connectivity index (χ0v) is 11.1. The van der Waals surface area contributed by atoms with Gasteiger partial charge in [-0.2, -0.15) is 0 Å². The van der Waals surface area contributed by atoms with Crippen LogP contribution in [0.15, 0.2) is 0 Å². The normalized spacial score (nSPS) is 28.0. The van der Waals surface area contributed by atoms with Crippen molar-refractivity contribution in [3.63, 3.8) is 0 Å². The van der Waals surface area contributed by atoms with Gasteiger partial charge in [0.2, 0.25) is 5.91 Å². The summed E-state index contributed by atoms with van der Waals surface area (Å²) in [6, 6.07) is 0. The Kier molecular flexibility index (Phi) is 5.66. The number of rotatable bonds is 7. The number of nitrogens with one attached hydrogen (secondary N) is 1. The zero-order valence-electron chi connectivity index (χ0n) is 11.1. The summed E-state index contributed by atoms with van der Waals surface area (Å²) < 4.78 is 0. The smallest absolute Gasteiger partial charge is 0.220 e. The molecule has 1 amide bonds. The van der Waals surface area contributed by atoms with Crippen LogP contribution >= 0.6 is 0 Å². The molecule has 0 bridgehead atoms. The van der Waals surface area contributed by atoms with Gasteiger partial charge < -0.3 is 10.1 Å². The molecule has 0 saturated heterocycles. The fourth-order valence-corrected chi connectivity index (χ4v) is 3.02. The first-order valence-corrected chi connectivity index (χ1v) is 6.82. The molecule has 0 aliphatic heterocycles. The largest absolute Gasteiger partial charge is 0.349 e. The summed E-state index contributed by atoms with van der Waals surface area (Å²) in [5, 5.41) is 2.59. The number of carbonyl (C=O) groups is 2. The van der Waals surface area contributed by atoms with Gasteiger partial charge in [-0.05, 0) is 37.0 Å². The van der Waals surface area contributed by atoms with Crippen molar-refractivity contribution < 1.29 is 9.59 Å². The van der Waals surface area contributed by atoms with Crippen LogP contribution in [0.3, 0.4) is 0 Å². The summed E-state index contributed by atoms with van der Waals surface area (Å²) in [6.45, 7) is 4.81. The Morgan fingerprint density at radius 1 is 1.53 bits per heavy atom. The van der Waals surface area contributed by atoms with E-state index < -0.39 is 0 Å². The van der Waals surface area contributed by atoms with E-state index >= 15 is 0 Å². The molecule has 3 heteroatoms. The Balaban J connectivity index is 2.22. The van der Waals surface area contributed by atoms with Crippen LogP contribution in [-0.2, 0) is 9.59 Å². The summed E-state index contributed by atoms with van der Waals surface area (Å²) in [7, 11) is 0. The van der Waals surface area contributed by atoms with Crippen LogP contribution in [-0.4, -0.2) is 18.7 Å². The van der Waals surface area contributed by atoms with Crippen LogP contribution in [0.4, 0.5) is 0 Å². The quantitative estimate of drug-likeness (QED) is 0.694. The number of amides is 1. The molecule has 0 aromatic heterocycles. The minimum Gasteiger partial charge on any atom is -0.349 e. The lowest BCUT2D eigenvalue weighted by Gasteiger charge is -2.30. The van der Waals surface area contributed by atoms with E-state index in [1.807, 2.05) is 0 Å². The van der Waals surface area contributed by atoms with Gasteiger partial charge >= 0.3 is 0 Å². The van der Waals surface area contributed by atoms with Crippen LogP contribution in [0, 0.1) is 11.3 Å². The Hall–Kier alpha value is -0.860. The third-order valence-corrected chi connectivity index (χ3v) is 4.43. The number of aldehydes is 1. The Morgan fingerprint density at radius 3 is 2.94 bits per heavy atom. The van der Waals surface area contributed by atoms with Crippen molar-refractivity contribution in [1.29, 1.82) is 0 Å². The lowest BCUT2D eigenvalue weighted by Crippen LogP contribution is -2.25. The topological polar surface area (TPSA) is 46.2 Å². The highest BCUT2D eigenvalue weighted by atomic mass is 16.2. The third-order valence-electron chi connectivity index (χ3n) is 4.43. The van der Waals surface area contributed by atoms with E-state index in [2.05, 4.69) is 19.2 Å². The Labute approximate surface area is 104 Å². The molecule has 0 radical (unpaired) electrons. The molecule has 0 spiro atoms. The van der Waals surface area contributed by atoms with Crippen molar-refractivity contribution in [2.45, 2.75) is 58.8 Å². The fraction of sp³-hybridized carbons (Fsp3) is 0.857. The minimum atomic E-state index is 0.00768. The molecule has 1 rings (SSSR count). The zero-order chi connectivity index (χ0) is 12.7. The van der Waals surface area contributed by atoms with E-state index in [0.717, 1.165) is 25.0 Å². The SMILES string of the molecule is CCC1(C)CCCC1CCCC(=O)NCC=O. The van der Waals surface area contributed by atoms with Crippen molar-refractivity contribution in [3.05, 3.63) is 0 Å². The first-order chi connectivity index (χ1) is 8.12. The van der Waals surface area contributed by atoms with Gasteiger partial charge in [0.15, 0.2) is 0 Å². The van der Waals surface area contributed by atoms with Gasteiger partial charge in [-0.25, -0.2) is 0 Å². The maximum Gasteiger partial charge on any atom is 0.220 e. The van der Waals surface area contributed by atoms with Crippen LogP contribution < -0.4 is 5.32 Å². The number of carbonyl (C=O) groups excluding carboxylic acids is 2. The van der Waals surface area contributed by atoms with Crippen LogP contribution in [0.5, 0.6) is 0 Å². The lowest BCUT2D eigenvalue weighted by atomic mass is 9.75. The second kappa shape index (κ2) is 6.77. The van der Waals surface area contributed by atoms with E-state index in [0.29, 0.717) is 11.8 Å². The number of hydrogen-bond acceptors (Lipinski definition) is 2. The van der Waals surface area contributed by atoms with Gasteiger partial charge in [0.05, 0.1) is 6.54 Å². The van der Waals surface area contributed by atoms with Crippen LogP contribution in [0.2, 0.25) is 0 Å². The average Bonchev–Trinajstić information content (AvgIpc) is 2.69. The van der Waals surface area contributed by atoms with Gasteiger partial charge in [0.25, 0.3) is 0 Å². The monoisotopic (exact) mass is 239 g/mol. The second-order valence-corrected chi connectivity index (χ2v) is 5.46. The highest BCUT2D eigenvalue weighted by molar-refractivity contribution is 5.78. The molecule has 1 aliphatic carbocycles. The maximum absolute atomic E-state index is 11.3. The van der Waals surface area contributed by atoms with Gasteiger partial charge in [0.1, 0.15) is 6.29 Å². The predicted octanol–water partition coefficient (Wildman–Crippen LogP) is 2.69. The van der Waals surface area contributed by atoms with Crippen molar-refractivity contribution in [2.75, 3.05) is 6.54 Å². The van der Waals surface area contributed by atoms with E-state index in [4.69, 9.17) is 0 Å². The van der Waals surface area contributed by atoms with Gasteiger partial charge in [-0.3, -0.25) is 4.79 Å². The molecule has 2 atom stereocenters. The molecule has 1 saturated carbocycles. The van der Waals surface area contributed by atoms with Gasteiger partial charge in [-0.15, -0.1) is 0 Å². The summed E-state index contributed by atoms with van der Waals surface area (Å²) in [6.07, 6.45) is 8.63. The Morgan fingerprint density at radius 2 is 2.29 bits per heavy atom. The molecule has 98 valence electrons. The molecule has 1 N–H and O–H groups in total. The van der Waals surface area contributed by atoms with Crippen molar-refractivity contribution >= 4 is 12.2 Å². The highest BCUT2D eigenvalue weighted by Gasteiger charge is 2.36. The average molecular weight is 239 g/mol. The summed E-state index contributed by atoms with van der Waals surface area (Å²) in [5.74, 6) is 0.791. The summed E-state index contributed by atoms with van der Waals surface area (Å²) >= 11 is 0. The van der Waals surface area contributed by atoms with Gasteiger partial charge in [-0.1, -0.05) is 26.7 Å². The lowest BCUT2D eigenvalue weighted by molar-refractivity contribution is -0.122. The Bertz CT molecular complexity index is 265. The van der Waals surface area contributed by atoms with Crippen LogP contribution in [0.1, 0.15) is 58.8 Å². The predicted molar refractivity (Wildman–Crippen MR) is 68.7 cm³/mol. The molecule has 0 heterocycles. The fourth-order valence-electron chi connectivity index (χ4n) is 3.02. The minimum absolute atomic E-state index is 0.00768. The summed E-state index contributed by atoms with van der Waals surface area (Å²) in [5.41, 5.74) is 0.499. The molecule has 2 unspecified atom stereocenters. The molecular formula is C14H25NO2. The second-order valence-electron chi connectivity index (χ2n) is 5.46. The third kappa shape index (κ3) is 4.14. The molecule has 0 aromatic carbocycles. The van der Waals surface area contributed by atoms with E-state index in [9.17, 15) is 9.59 Å². The first-order valence-electron chi connectivity index (χ1n) is 6.82. The molecular weight excluding hydrogens is 214 g/mol. The van der Waals surface area contributed by atoms with Crippen molar-refractivity contribution in [2.24, 2.45) is 11.3 Å². The van der Waals surface area contributed by atoms with E-state index in [1.54, 1.807) is 0 Å². The molecule has 17 heavy (non-hydrogen) atoms. The van der Waals surface area contributed by atoms with Crippen molar-refractivity contribution in [3.8, 4) is 0 Å². The molecule has 1 fully saturated rings. The first kappa shape index (κ1) is 14.2. The number of hydrogen-bond donors (Lipinski definition) is 1. The van der Waals surface area contributed by atoms with Gasteiger partial charge in [0, 0.05) is 6.42 Å². The highest BCUT2D eigenvalue weighted by Crippen LogP contribution is 2.47. The summed E-state index contributed by atoms with van der Waals surface area (Å²) in [4.78, 5) is 21.4. The van der Waals surface area contributed by atoms with Crippen LogP contribution in [0.25, 0.3) is 0 Å².